The molecule has 1 saturated heterocycles. The third-order valence-electron chi connectivity index (χ3n) is 6.31. The molecule has 6 rings (SSSR count). The van der Waals surface area contributed by atoms with E-state index in [0.717, 1.165) is 65.5 Å². The standard InChI is InChI=1S/C22H26N8/c1-29-10-8-15(9-11-29)30-22-20(23-12-18(27-22)14-6-7-14)21(28-30)24-13-19-25-16-4-2-3-5-17(16)26-19/h2-5,12,14-15H,6-11,13H2,1H3,(H,24,28)(H,25,26). The first-order valence-electron chi connectivity index (χ1n) is 10.9. The van der Waals surface area contributed by atoms with Gasteiger partial charge >= 0.3 is 0 Å². The molecule has 2 N–H and O–H groups in total. The molecule has 30 heavy (non-hydrogen) atoms. The molecular formula is C22H26N8. The Labute approximate surface area is 174 Å². The molecule has 1 aliphatic carbocycles. The van der Waals surface area contributed by atoms with Gasteiger partial charge in [-0.3, -0.25) is 0 Å². The first-order chi connectivity index (χ1) is 14.7. The number of aromatic nitrogens is 6. The van der Waals surface area contributed by atoms with Crippen molar-refractivity contribution in [3.63, 3.8) is 0 Å². The average Bonchev–Trinajstić information content (AvgIpc) is 3.44. The van der Waals surface area contributed by atoms with E-state index in [1.807, 2.05) is 30.5 Å². The first-order valence-corrected chi connectivity index (χ1v) is 10.9. The highest BCUT2D eigenvalue weighted by Crippen LogP contribution is 2.39. The number of H-pyrrole nitrogens is 1. The molecule has 0 bridgehead atoms. The molecular weight excluding hydrogens is 376 g/mol. The topological polar surface area (TPSA) is 87.5 Å². The van der Waals surface area contributed by atoms with E-state index in [-0.39, 0.29) is 0 Å². The quantitative estimate of drug-likeness (QED) is 0.532. The molecule has 8 nitrogen and oxygen atoms in total. The van der Waals surface area contributed by atoms with Crippen LogP contribution in [0.1, 0.15) is 49.2 Å². The summed E-state index contributed by atoms with van der Waals surface area (Å²) in [6.07, 6.45) is 6.56. The van der Waals surface area contributed by atoms with Crippen LogP contribution in [0.4, 0.5) is 5.82 Å². The number of hydrogen-bond acceptors (Lipinski definition) is 6. The molecule has 4 aromatic rings. The summed E-state index contributed by atoms with van der Waals surface area (Å²) in [5.74, 6) is 2.26. The number of benzene rings is 1. The number of nitrogens with one attached hydrogen (secondary N) is 2. The van der Waals surface area contributed by atoms with E-state index in [4.69, 9.17) is 15.1 Å². The number of anilines is 1. The van der Waals surface area contributed by atoms with E-state index in [0.29, 0.717) is 18.5 Å². The fourth-order valence-corrected chi connectivity index (χ4v) is 4.37. The summed E-state index contributed by atoms with van der Waals surface area (Å²) < 4.78 is 2.13. The van der Waals surface area contributed by atoms with E-state index >= 15 is 0 Å². The van der Waals surface area contributed by atoms with E-state index < -0.39 is 0 Å². The number of rotatable bonds is 5. The minimum absolute atomic E-state index is 0.370. The zero-order valence-corrected chi connectivity index (χ0v) is 17.2. The van der Waals surface area contributed by atoms with Crippen molar-refractivity contribution in [3.05, 3.63) is 42.0 Å². The summed E-state index contributed by atoms with van der Waals surface area (Å²) >= 11 is 0. The van der Waals surface area contributed by atoms with Crippen molar-refractivity contribution in [2.75, 3.05) is 25.5 Å². The predicted molar refractivity (Wildman–Crippen MR) is 116 cm³/mol. The van der Waals surface area contributed by atoms with E-state index in [1.165, 1.54) is 12.8 Å². The third-order valence-corrected chi connectivity index (χ3v) is 6.31. The number of para-hydroxylation sites is 2. The van der Waals surface area contributed by atoms with Crippen molar-refractivity contribution in [2.45, 2.75) is 44.2 Å². The SMILES string of the molecule is CN1CCC(n2nc(NCc3nc4ccccc4[nH]3)c3ncc(C4CC4)nc32)CC1. The molecule has 4 heterocycles. The molecule has 1 aromatic carbocycles. The Morgan fingerprint density at radius 1 is 1.10 bits per heavy atom. The Hall–Kier alpha value is -3.00. The van der Waals surface area contributed by atoms with Crippen LogP contribution in [0, 0.1) is 0 Å². The van der Waals surface area contributed by atoms with Crippen molar-refractivity contribution >= 4 is 28.0 Å². The summed E-state index contributed by atoms with van der Waals surface area (Å²) in [6.45, 7) is 2.74. The van der Waals surface area contributed by atoms with Crippen LogP contribution in [-0.2, 0) is 6.54 Å². The fourth-order valence-electron chi connectivity index (χ4n) is 4.37. The number of fused-ring (bicyclic) bond motifs is 2. The molecule has 0 atom stereocenters. The third kappa shape index (κ3) is 3.21. The monoisotopic (exact) mass is 402 g/mol. The van der Waals surface area contributed by atoms with Crippen LogP contribution in [0.3, 0.4) is 0 Å². The second-order valence-electron chi connectivity index (χ2n) is 8.62. The lowest BCUT2D eigenvalue weighted by Crippen LogP contribution is -2.32. The van der Waals surface area contributed by atoms with Gasteiger partial charge in [0.15, 0.2) is 17.0 Å². The van der Waals surface area contributed by atoms with Crippen LogP contribution in [-0.4, -0.2) is 54.8 Å². The molecule has 0 unspecified atom stereocenters. The normalized spacial score (nSPS) is 18.4. The Morgan fingerprint density at radius 2 is 1.93 bits per heavy atom. The zero-order valence-electron chi connectivity index (χ0n) is 17.2. The molecule has 2 fully saturated rings. The second kappa shape index (κ2) is 7.05. The van der Waals surface area contributed by atoms with Crippen LogP contribution in [0.25, 0.3) is 22.2 Å². The highest BCUT2D eigenvalue weighted by atomic mass is 15.4. The van der Waals surface area contributed by atoms with Gasteiger partial charge in [-0.05, 0) is 58.0 Å². The van der Waals surface area contributed by atoms with Crippen LogP contribution >= 0.6 is 0 Å². The lowest BCUT2D eigenvalue weighted by molar-refractivity contribution is 0.215. The maximum absolute atomic E-state index is 5.00. The zero-order chi connectivity index (χ0) is 20.1. The second-order valence-corrected chi connectivity index (χ2v) is 8.62. The van der Waals surface area contributed by atoms with Crippen LogP contribution in [0.15, 0.2) is 30.5 Å². The Balaban J connectivity index is 1.33. The van der Waals surface area contributed by atoms with Crippen molar-refractivity contribution in [3.8, 4) is 0 Å². The molecule has 8 heteroatoms. The summed E-state index contributed by atoms with van der Waals surface area (Å²) in [5.41, 5.74) is 4.91. The van der Waals surface area contributed by atoms with Gasteiger partial charge in [-0.1, -0.05) is 12.1 Å². The van der Waals surface area contributed by atoms with E-state index in [2.05, 4.69) is 31.9 Å². The Kier molecular flexibility index (Phi) is 4.19. The Morgan fingerprint density at radius 3 is 2.73 bits per heavy atom. The van der Waals surface area contributed by atoms with E-state index in [9.17, 15) is 0 Å². The minimum atomic E-state index is 0.370. The number of aromatic amines is 1. The van der Waals surface area contributed by atoms with E-state index in [1.54, 1.807) is 0 Å². The number of likely N-dealkylation sites (tertiary alicyclic amines) is 1. The molecule has 154 valence electrons. The highest BCUT2D eigenvalue weighted by molar-refractivity contribution is 5.83. The molecule has 0 amide bonds. The summed E-state index contributed by atoms with van der Waals surface area (Å²) in [7, 11) is 2.18. The molecule has 1 saturated carbocycles. The van der Waals surface area contributed by atoms with Crippen molar-refractivity contribution in [1.29, 1.82) is 0 Å². The maximum Gasteiger partial charge on any atom is 0.179 e. The number of hydrogen-bond donors (Lipinski definition) is 2. The fraction of sp³-hybridized carbons (Fsp3) is 0.455. The lowest BCUT2D eigenvalue weighted by atomic mass is 10.1. The first kappa shape index (κ1) is 17.8. The number of piperidine rings is 1. The van der Waals surface area contributed by atoms with Crippen LogP contribution < -0.4 is 5.32 Å². The van der Waals surface area contributed by atoms with Crippen molar-refractivity contribution < 1.29 is 0 Å². The Bertz CT molecular complexity index is 1160. The minimum Gasteiger partial charge on any atom is -0.360 e. The van der Waals surface area contributed by atoms with Gasteiger partial charge in [-0.25, -0.2) is 19.6 Å². The summed E-state index contributed by atoms with van der Waals surface area (Å²) in [6, 6.07) is 8.45. The lowest BCUT2D eigenvalue weighted by Gasteiger charge is -2.29. The van der Waals surface area contributed by atoms with Gasteiger partial charge in [0, 0.05) is 12.1 Å². The van der Waals surface area contributed by atoms with Gasteiger partial charge in [0.2, 0.25) is 0 Å². The highest BCUT2D eigenvalue weighted by Gasteiger charge is 2.28. The van der Waals surface area contributed by atoms with Crippen molar-refractivity contribution in [2.24, 2.45) is 0 Å². The molecule has 0 radical (unpaired) electrons. The van der Waals surface area contributed by atoms with Gasteiger partial charge in [-0.15, -0.1) is 0 Å². The number of nitrogens with zero attached hydrogens (tertiary/aromatic N) is 6. The molecule has 1 aliphatic heterocycles. The maximum atomic E-state index is 5.00. The van der Waals surface area contributed by atoms with Gasteiger partial charge in [-0.2, -0.15) is 5.10 Å². The smallest absolute Gasteiger partial charge is 0.179 e. The number of imidazole rings is 1. The average molecular weight is 403 g/mol. The van der Waals surface area contributed by atoms with Crippen LogP contribution in [0.5, 0.6) is 0 Å². The predicted octanol–water partition coefficient (Wildman–Crippen LogP) is 3.46. The van der Waals surface area contributed by atoms with Gasteiger partial charge in [0.25, 0.3) is 0 Å². The van der Waals surface area contributed by atoms with Gasteiger partial charge < -0.3 is 15.2 Å². The summed E-state index contributed by atoms with van der Waals surface area (Å²) in [5, 5.41) is 8.41. The molecule has 3 aromatic heterocycles. The van der Waals surface area contributed by atoms with Crippen LogP contribution in [0.2, 0.25) is 0 Å². The van der Waals surface area contributed by atoms with Gasteiger partial charge in [0.1, 0.15) is 5.82 Å². The molecule has 0 spiro atoms. The molecule has 2 aliphatic rings. The van der Waals surface area contributed by atoms with Crippen molar-refractivity contribution in [1.82, 2.24) is 34.6 Å². The summed E-state index contributed by atoms with van der Waals surface area (Å²) in [4.78, 5) is 20.2. The van der Waals surface area contributed by atoms with Gasteiger partial charge in [0.05, 0.1) is 29.3 Å². The largest absolute Gasteiger partial charge is 0.360 e.